The zero-order chi connectivity index (χ0) is 15.4. The highest BCUT2D eigenvalue weighted by molar-refractivity contribution is 5.82. The van der Waals surface area contributed by atoms with Gasteiger partial charge in [-0.2, -0.15) is 13.2 Å². The number of hydrogen-bond acceptors (Lipinski definition) is 4. The molecule has 0 radical (unpaired) electrons. The first-order valence-corrected chi connectivity index (χ1v) is 5.52. The van der Waals surface area contributed by atoms with E-state index in [1.165, 1.54) is 20.8 Å². The van der Waals surface area contributed by atoms with Crippen molar-refractivity contribution in [3.63, 3.8) is 0 Å². The van der Waals surface area contributed by atoms with E-state index >= 15 is 0 Å². The lowest BCUT2D eigenvalue weighted by atomic mass is 10.0. The molecule has 112 valence electrons. The summed E-state index contributed by atoms with van der Waals surface area (Å²) in [4.78, 5) is 22.7. The van der Waals surface area contributed by atoms with Gasteiger partial charge in [-0.1, -0.05) is 6.92 Å². The van der Waals surface area contributed by atoms with Crippen molar-refractivity contribution in [3.8, 4) is 0 Å². The first-order chi connectivity index (χ1) is 8.38. The molecular formula is C11H18F3NO4. The molecule has 0 saturated heterocycles. The Balaban J connectivity index is 5.06. The van der Waals surface area contributed by atoms with Gasteiger partial charge in [0.2, 0.25) is 0 Å². The molecule has 0 aliphatic rings. The Morgan fingerprint density at radius 3 is 1.95 bits per heavy atom. The molecule has 0 aromatic heterocycles. The summed E-state index contributed by atoms with van der Waals surface area (Å²) < 4.78 is 47.0. The number of esters is 1. The van der Waals surface area contributed by atoms with Crippen LogP contribution in [-0.2, 0) is 14.3 Å². The second-order valence-corrected chi connectivity index (χ2v) is 4.98. The molecule has 0 aromatic rings. The number of amides is 1. The molecule has 0 bridgehead atoms. The van der Waals surface area contributed by atoms with E-state index < -0.39 is 35.8 Å². The van der Waals surface area contributed by atoms with Gasteiger partial charge in [0.1, 0.15) is 11.6 Å². The maximum Gasteiger partial charge on any atom is 0.407 e. The van der Waals surface area contributed by atoms with E-state index in [0.717, 1.165) is 14.0 Å². The Kier molecular flexibility index (Phi) is 5.64. The topological polar surface area (TPSA) is 64.6 Å². The number of alkyl halides is 3. The third-order valence-electron chi connectivity index (χ3n) is 2.14. The van der Waals surface area contributed by atoms with E-state index in [1.54, 1.807) is 0 Å². The molecule has 2 atom stereocenters. The lowest BCUT2D eigenvalue weighted by Crippen LogP contribution is -2.51. The van der Waals surface area contributed by atoms with Crippen molar-refractivity contribution in [3.05, 3.63) is 0 Å². The van der Waals surface area contributed by atoms with Crippen LogP contribution in [0.5, 0.6) is 0 Å². The van der Waals surface area contributed by atoms with Crippen molar-refractivity contribution < 1.29 is 32.2 Å². The van der Waals surface area contributed by atoms with Gasteiger partial charge in [0.25, 0.3) is 0 Å². The van der Waals surface area contributed by atoms with E-state index in [4.69, 9.17) is 4.74 Å². The molecule has 0 fully saturated rings. The highest BCUT2D eigenvalue weighted by atomic mass is 19.4. The van der Waals surface area contributed by atoms with E-state index in [2.05, 4.69) is 4.74 Å². The van der Waals surface area contributed by atoms with Crippen molar-refractivity contribution in [2.75, 3.05) is 7.11 Å². The highest BCUT2D eigenvalue weighted by Gasteiger charge is 2.46. The van der Waals surface area contributed by atoms with Crippen LogP contribution in [0, 0.1) is 5.92 Å². The molecule has 5 nitrogen and oxygen atoms in total. The minimum absolute atomic E-state index is 0.782. The smallest absolute Gasteiger partial charge is 0.407 e. The summed E-state index contributed by atoms with van der Waals surface area (Å²) in [6, 6.07) is -1.85. The van der Waals surface area contributed by atoms with E-state index in [1.807, 2.05) is 5.32 Å². The third-order valence-corrected chi connectivity index (χ3v) is 2.14. The summed E-state index contributed by atoms with van der Waals surface area (Å²) >= 11 is 0. The number of rotatable bonds is 3. The van der Waals surface area contributed by atoms with Crippen molar-refractivity contribution in [2.45, 2.75) is 45.5 Å². The number of nitrogens with one attached hydrogen (secondary N) is 1. The number of carbonyl (C=O) groups excluding carboxylic acids is 2. The van der Waals surface area contributed by atoms with Crippen molar-refractivity contribution >= 4 is 12.1 Å². The van der Waals surface area contributed by atoms with Gasteiger partial charge in [-0.15, -0.1) is 0 Å². The predicted octanol–water partition coefficient (Wildman–Crippen LogP) is 2.25. The van der Waals surface area contributed by atoms with Crippen LogP contribution >= 0.6 is 0 Å². The van der Waals surface area contributed by atoms with Gasteiger partial charge in [0, 0.05) is 0 Å². The van der Waals surface area contributed by atoms with Gasteiger partial charge in [0.15, 0.2) is 0 Å². The van der Waals surface area contributed by atoms with Crippen LogP contribution in [0.3, 0.4) is 0 Å². The standard InChI is InChI=1S/C11H18F3NO4/c1-6(11(12,13)14)7(15-9(17)18-5)8(16)19-10(2,3)4/h6-7H,1-5H3,(H,15,17). The second-order valence-electron chi connectivity index (χ2n) is 4.98. The minimum Gasteiger partial charge on any atom is -0.458 e. The largest absolute Gasteiger partial charge is 0.458 e. The maximum absolute atomic E-state index is 12.6. The van der Waals surface area contributed by atoms with E-state index in [-0.39, 0.29) is 0 Å². The Hall–Kier alpha value is -1.47. The lowest BCUT2D eigenvalue weighted by molar-refractivity contribution is -0.191. The number of carbonyl (C=O) groups is 2. The van der Waals surface area contributed by atoms with Gasteiger partial charge < -0.3 is 14.8 Å². The van der Waals surface area contributed by atoms with Gasteiger partial charge in [0.05, 0.1) is 13.0 Å². The molecule has 0 aliphatic carbocycles. The average Bonchev–Trinajstić information content (AvgIpc) is 2.20. The van der Waals surface area contributed by atoms with E-state index in [0.29, 0.717) is 0 Å². The molecule has 0 saturated carbocycles. The normalized spacial score (nSPS) is 15.4. The van der Waals surface area contributed by atoms with Crippen molar-refractivity contribution in [1.82, 2.24) is 5.32 Å². The van der Waals surface area contributed by atoms with Crippen LogP contribution in [-0.4, -0.2) is 37.0 Å². The number of methoxy groups -OCH3 is 1. The molecule has 0 heterocycles. The monoisotopic (exact) mass is 285 g/mol. The average molecular weight is 285 g/mol. The molecular weight excluding hydrogens is 267 g/mol. The zero-order valence-electron chi connectivity index (χ0n) is 11.4. The van der Waals surface area contributed by atoms with Crippen LogP contribution in [0.2, 0.25) is 0 Å². The van der Waals surface area contributed by atoms with Gasteiger partial charge >= 0.3 is 18.2 Å². The maximum atomic E-state index is 12.6. The fourth-order valence-electron chi connectivity index (χ4n) is 1.13. The molecule has 2 unspecified atom stereocenters. The first-order valence-electron chi connectivity index (χ1n) is 5.52. The molecule has 0 spiro atoms. The number of hydrogen-bond donors (Lipinski definition) is 1. The van der Waals surface area contributed by atoms with Crippen LogP contribution in [0.4, 0.5) is 18.0 Å². The Labute approximate surface area is 109 Å². The highest BCUT2D eigenvalue weighted by Crippen LogP contribution is 2.29. The summed E-state index contributed by atoms with van der Waals surface area (Å²) in [7, 11) is 0.986. The number of alkyl carbamates (subject to hydrolysis) is 1. The van der Waals surface area contributed by atoms with Crippen molar-refractivity contribution in [1.29, 1.82) is 0 Å². The van der Waals surface area contributed by atoms with Gasteiger partial charge in [-0.05, 0) is 20.8 Å². The zero-order valence-corrected chi connectivity index (χ0v) is 11.4. The molecule has 0 rings (SSSR count). The van der Waals surface area contributed by atoms with Crippen LogP contribution in [0.15, 0.2) is 0 Å². The SMILES string of the molecule is COC(=O)NC(C(=O)OC(C)(C)C)C(C)C(F)(F)F. The summed E-state index contributed by atoms with van der Waals surface area (Å²) in [6.45, 7) is 5.32. The Morgan fingerprint density at radius 2 is 1.63 bits per heavy atom. The third kappa shape index (κ3) is 6.30. The summed E-state index contributed by atoms with van der Waals surface area (Å²) in [5, 5.41) is 1.84. The predicted molar refractivity (Wildman–Crippen MR) is 60.4 cm³/mol. The lowest BCUT2D eigenvalue weighted by Gasteiger charge is -2.28. The molecule has 0 aromatic carbocycles. The Bertz CT molecular complexity index is 336. The quantitative estimate of drug-likeness (QED) is 0.808. The first kappa shape index (κ1) is 17.5. The number of ether oxygens (including phenoxy) is 2. The molecule has 8 heteroatoms. The van der Waals surface area contributed by atoms with E-state index in [9.17, 15) is 22.8 Å². The summed E-state index contributed by atoms with van der Waals surface area (Å²) in [5.74, 6) is -3.26. The van der Waals surface area contributed by atoms with Crippen molar-refractivity contribution in [2.24, 2.45) is 5.92 Å². The van der Waals surface area contributed by atoms with Gasteiger partial charge in [-0.25, -0.2) is 9.59 Å². The Morgan fingerprint density at radius 1 is 1.16 bits per heavy atom. The second kappa shape index (κ2) is 6.12. The fraction of sp³-hybridized carbons (Fsp3) is 0.818. The van der Waals surface area contributed by atoms with Crippen LogP contribution in [0.25, 0.3) is 0 Å². The molecule has 1 amide bonds. The molecule has 1 N–H and O–H groups in total. The molecule has 0 aliphatic heterocycles. The molecule has 19 heavy (non-hydrogen) atoms. The van der Waals surface area contributed by atoms with Crippen LogP contribution in [0.1, 0.15) is 27.7 Å². The summed E-state index contributed by atoms with van der Waals surface area (Å²) in [5.41, 5.74) is -0.960. The van der Waals surface area contributed by atoms with Gasteiger partial charge in [-0.3, -0.25) is 0 Å². The minimum atomic E-state index is -4.65. The van der Waals surface area contributed by atoms with Crippen LogP contribution < -0.4 is 5.32 Å². The fourth-order valence-corrected chi connectivity index (χ4v) is 1.13. The summed E-state index contributed by atoms with van der Waals surface area (Å²) in [6.07, 6.45) is -5.78. The number of halogens is 3.